The summed E-state index contributed by atoms with van der Waals surface area (Å²) < 4.78 is 32.8. The van der Waals surface area contributed by atoms with Crippen LogP contribution in [0.1, 0.15) is 168 Å². The molecule has 0 spiro atoms. The predicted octanol–water partition coefficient (Wildman–Crippen LogP) is 12.3. The van der Waals surface area contributed by atoms with Crippen LogP contribution < -0.4 is 5.73 Å². The van der Waals surface area contributed by atoms with Crippen LogP contribution in [0, 0.1) is 0 Å². The minimum atomic E-state index is -4.39. The van der Waals surface area contributed by atoms with E-state index in [0.29, 0.717) is 6.42 Å². The van der Waals surface area contributed by atoms with E-state index in [1.54, 1.807) is 0 Å². The summed E-state index contributed by atoms with van der Waals surface area (Å²) in [6.45, 7) is 3.47. The molecule has 0 saturated carbocycles. The van der Waals surface area contributed by atoms with Gasteiger partial charge < -0.3 is 20.1 Å². The number of phosphoric acid groups is 1. The molecule has 0 bridgehead atoms. The molecule has 0 saturated heterocycles. The molecule has 55 heavy (non-hydrogen) atoms. The second kappa shape index (κ2) is 41.1. The van der Waals surface area contributed by atoms with Crippen LogP contribution in [0.5, 0.6) is 0 Å². The van der Waals surface area contributed by atoms with Gasteiger partial charge in [0.05, 0.1) is 13.2 Å². The summed E-state index contributed by atoms with van der Waals surface area (Å²) in [6.07, 6.45) is 49.3. The highest BCUT2D eigenvalue weighted by Gasteiger charge is 2.26. The van der Waals surface area contributed by atoms with Crippen molar-refractivity contribution in [2.75, 3.05) is 26.4 Å². The number of rotatable bonds is 39. The number of nitrogens with two attached hydrogens (primary N) is 1. The van der Waals surface area contributed by atoms with E-state index in [1.165, 1.54) is 38.5 Å². The maximum absolute atomic E-state index is 12.6. The topological polar surface area (TPSA) is 134 Å². The molecule has 2 atom stereocenters. The molecule has 0 fully saturated rings. The lowest BCUT2D eigenvalue weighted by molar-refractivity contribution is -0.161. The monoisotopic (exact) mass is 792 g/mol. The van der Waals surface area contributed by atoms with E-state index in [4.69, 9.17) is 24.3 Å². The van der Waals surface area contributed by atoms with Crippen molar-refractivity contribution in [3.05, 3.63) is 72.9 Å². The summed E-state index contributed by atoms with van der Waals surface area (Å²) in [6, 6.07) is 0. The maximum atomic E-state index is 12.6. The zero-order valence-electron chi connectivity index (χ0n) is 34.6. The number of carbonyl (C=O) groups is 2. The van der Waals surface area contributed by atoms with Gasteiger partial charge >= 0.3 is 19.8 Å². The van der Waals surface area contributed by atoms with Gasteiger partial charge in [0.15, 0.2) is 6.10 Å². The molecule has 0 rings (SSSR count). The van der Waals surface area contributed by atoms with E-state index in [0.717, 1.165) is 96.3 Å². The summed E-state index contributed by atoms with van der Waals surface area (Å²) >= 11 is 0. The fourth-order valence-corrected chi connectivity index (χ4v) is 6.25. The third kappa shape index (κ3) is 40.9. The van der Waals surface area contributed by atoms with Crippen molar-refractivity contribution >= 4 is 19.8 Å². The second-order valence-corrected chi connectivity index (χ2v) is 15.2. The van der Waals surface area contributed by atoms with Gasteiger partial charge in [0, 0.05) is 19.4 Å². The molecule has 0 aromatic heterocycles. The van der Waals surface area contributed by atoms with Gasteiger partial charge in [-0.05, 0) is 77.0 Å². The third-order valence-electron chi connectivity index (χ3n) is 8.59. The normalized spacial score (nSPS) is 14.0. The Morgan fingerprint density at radius 3 is 1.40 bits per heavy atom. The van der Waals surface area contributed by atoms with Crippen molar-refractivity contribution in [3.8, 4) is 0 Å². The van der Waals surface area contributed by atoms with Crippen LogP contribution in [0.25, 0.3) is 0 Å². The molecule has 2 unspecified atom stereocenters. The lowest BCUT2D eigenvalue weighted by Gasteiger charge is -2.19. The molecule has 9 nitrogen and oxygen atoms in total. The van der Waals surface area contributed by atoms with Gasteiger partial charge in [-0.1, -0.05) is 151 Å². The number of unbranched alkanes of at least 4 members (excludes halogenated alkanes) is 14. The first-order chi connectivity index (χ1) is 26.8. The molecular formula is C45H78NO8P. The number of ether oxygens (including phenoxy) is 2. The van der Waals surface area contributed by atoms with Gasteiger partial charge in [0.1, 0.15) is 6.61 Å². The van der Waals surface area contributed by atoms with Crippen molar-refractivity contribution in [1.82, 2.24) is 0 Å². The van der Waals surface area contributed by atoms with Gasteiger partial charge in [0.2, 0.25) is 0 Å². The van der Waals surface area contributed by atoms with Gasteiger partial charge in [-0.15, -0.1) is 0 Å². The molecule has 316 valence electrons. The summed E-state index contributed by atoms with van der Waals surface area (Å²) in [7, 11) is -4.39. The Morgan fingerprint density at radius 2 is 0.945 bits per heavy atom. The zero-order chi connectivity index (χ0) is 40.3. The number of carbonyl (C=O) groups excluding carboxylic acids is 2. The fourth-order valence-electron chi connectivity index (χ4n) is 5.49. The lowest BCUT2D eigenvalue weighted by atomic mass is 10.1. The van der Waals surface area contributed by atoms with Crippen molar-refractivity contribution in [2.24, 2.45) is 5.73 Å². The SMILES string of the molecule is CC/C=C\C/C=C\C/C=C\CCCCCCCCCC(=O)OCC(COP(=O)(O)OCCN)OC(=O)CCCCCCCCC/C=C\C/C=C\C/C=C\CC. The van der Waals surface area contributed by atoms with Crippen LogP contribution in [-0.4, -0.2) is 49.3 Å². The first kappa shape index (κ1) is 52.5. The minimum Gasteiger partial charge on any atom is -0.462 e. The van der Waals surface area contributed by atoms with Crippen LogP contribution in [0.2, 0.25) is 0 Å². The molecule has 0 aromatic carbocycles. The molecule has 0 aromatic rings. The second-order valence-electron chi connectivity index (χ2n) is 13.8. The van der Waals surface area contributed by atoms with E-state index in [2.05, 4.69) is 86.8 Å². The van der Waals surface area contributed by atoms with Crippen molar-refractivity contribution < 1.29 is 37.6 Å². The van der Waals surface area contributed by atoms with Crippen LogP contribution in [0.15, 0.2) is 72.9 Å². The van der Waals surface area contributed by atoms with Gasteiger partial charge in [-0.2, -0.15) is 0 Å². The number of esters is 2. The summed E-state index contributed by atoms with van der Waals surface area (Å²) in [5, 5.41) is 0. The summed E-state index contributed by atoms with van der Waals surface area (Å²) in [4.78, 5) is 34.9. The van der Waals surface area contributed by atoms with Crippen molar-refractivity contribution in [3.63, 3.8) is 0 Å². The van der Waals surface area contributed by atoms with Crippen LogP contribution in [-0.2, 0) is 32.7 Å². The Hall–Kier alpha value is -2.55. The zero-order valence-corrected chi connectivity index (χ0v) is 35.5. The minimum absolute atomic E-state index is 0.0465. The van der Waals surface area contributed by atoms with Gasteiger partial charge in [-0.3, -0.25) is 18.6 Å². The number of hydrogen-bond donors (Lipinski definition) is 2. The van der Waals surface area contributed by atoms with Crippen LogP contribution >= 0.6 is 7.82 Å². The van der Waals surface area contributed by atoms with E-state index in [-0.39, 0.29) is 32.6 Å². The molecule has 10 heteroatoms. The predicted molar refractivity (Wildman–Crippen MR) is 229 cm³/mol. The Morgan fingerprint density at radius 1 is 0.545 bits per heavy atom. The standard InChI is InChI=1S/C45H78NO8P/c1-3-5-7-9-11-13-15-17-19-21-23-25-27-29-31-33-35-37-44(47)51-41-43(42-53-55(49,50)52-40-39-46)54-45(48)38-36-34-32-30-28-26-24-22-20-18-16-14-12-10-8-6-4-2/h5-8,11-14,17-20,43H,3-4,9-10,15-16,21-42,46H2,1-2H3,(H,49,50)/b7-5-,8-6-,13-11-,14-12-,19-17-,20-18-. The van der Waals surface area contributed by atoms with Gasteiger partial charge in [-0.25, -0.2) is 4.57 Å². The molecule has 0 aliphatic heterocycles. The molecule has 0 aliphatic rings. The van der Waals surface area contributed by atoms with Crippen molar-refractivity contribution in [2.45, 2.75) is 174 Å². The molecule has 0 amide bonds. The number of phosphoric ester groups is 1. The maximum Gasteiger partial charge on any atom is 0.472 e. The molecule has 0 radical (unpaired) electrons. The fraction of sp³-hybridized carbons (Fsp3) is 0.689. The highest BCUT2D eigenvalue weighted by Crippen LogP contribution is 2.43. The molecular weight excluding hydrogens is 713 g/mol. The quantitative estimate of drug-likeness (QED) is 0.0270. The third-order valence-corrected chi connectivity index (χ3v) is 9.57. The first-order valence-corrected chi connectivity index (χ1v) is 22.9. The Balaban J connectivity index is 4.19. The van der Waals surface area contributed by atoms with E-state index in [1.807, 2.05) is 0 Å². The Labute approximate surface area is 335 Å². The Kier molecular flexibility index (Phi) is 39.2. The summed E-state index contributed by atoms with van der Waals surface area (Å²) in [5.74, 6) is -0.857. The van der Waals surface area contributed by atoms with E-state index in [9.17, 15) is 19.0 Å². The highest BCUT2D eigenvalue weighted by atomic mass is 31.2. The average Bonchev–Trinajstić information content (AvgIpc) is 3.17. The summed E-state index contributed by atoms with van der Waals surface area (Å²) in [5.41, 5.74) is 5.35. The van der Waals surface area contributed by atoms with E-state index < -0.39 is 32.5 Å². The largest absolute Gasteiger partial charge is 0.472 e. The average molecular weight is 792 g/mol. The Bertz CT molecular complexity index is 1130. The number of hydrogen-bond acceptors (Lipinski definition) is 8. The smallest absolute Gasteiger partial charge is 0.462 e. The van der Waals surface area contributed by atoms with Crippen LogP contribution in [0.3, 0.4) is 0 Å². The van der Waals surface area contributed by atoms with Crippen molar-refractivity contribution in [1.29, 1.82) is 0 Å². The molecule has 3 N–H and O–H groups in total. The van der Waals surface area contributed by atoms with Gasteiger partial charge in [0.25, 0.3) is 0 Å². The number of allylic oxidation sites excluding steroid dienone is 12. The highest BCUT2D eigenvalue weighted by molar-refractivity contribution is 7.47. The molecule has 0 aliphatic carbocycles. The lowest BCUT2D eigenvalue weighted by Crippen LogP contribution is -2.29. The molecule has 0 heterocycles. The first-order valence-electron chi connectivity index (χ1n) is 21.4. The van der Waals surface area contributed by atoms with Crippen LogP contribution in [0.4, 0.5) is 0 Å². The van der Waals surface area contributed by atoms with E-state index >= 15 is 0 Å².